The molecule has 2 aromatic carbocycles. The predicted molar refractivity (Wildman–Crippen MR) is 124 cm³/mol. The van der Waals surface area contributed by atoms with Gasteiger partial charge in [0.15, 0.2) is 0 Å². The first-order valence-electron chi connectivity index (χ1n) is 11.1. The smallest absolute Gasteiger partial charge is 0.490 e. The molecule has 0 aromatic heterocycles. The Bertz CT molecular complexity index is 1130. The molecule has 2 aliphatic heterocycles. The third kappa shape index (κ3) is 6.46. The van der Waals surface area contributed by atoms with E-state index in [1.54, 1.807) is 11.0 Å². The average molecular weight is 528 g/mol. The number of amides is 2. The maximum absolute atomic E-state index is 13.2. The number of carboxylic acid groups (broad SMARTS) is 1. The number of alkyl halides is 3. The molecular formula is C24H25ClF3N3O5. The second-order valence-corrected chi connectivity index (χ2v) is 8.67. The number of para-hydroxylation sites is 1. The van der Waals surface area contributed by atoms with Gasteiger partial charge < -0.3 is 25.8 Å². The van der Waals surface area contributed by atoms with Gasteiger partial charge in [0.1, 0.15) is 24.3 Å². The van der Waals surface area contributed by atoms with Crippen molar-refractivity contribution in [3.05, 3.63) is 64.2 Å². The summed E-state index contributed by atoms with van der Waals surface area (Å²) in [6, 6.07) is 12.6. The summed E-state index contributed by atoms with van der Waals surface area (Å²) >= 11 is 6.08. The Morgan fingerprint density at radius 3 is 2.53 bits per heavy atom. The van der Waals surface area contributed by atoms with Crippen molar-refractivity contribution in [3.63, 3.8) is 0 Å². The molecule has 1 unspecified atom stereocenters. The fourth-order valence-electron chi connectivity index (χ4n) is 4.13. The van der Waals surface area contributed by atoms with Crippen LogP contribution in [0.1, 0.15) is 35.4 Å². The van der Waals surface area contributed by atoms with Gasteiger partial charge in [-0.25, -0.2) is 4.79 Å². The van der Waals surface area contributed by atoms with E-state index in [1.165, 1.54) is 0 Å². The maximum atomic E-state index is 13.2. The van der Waals surface area contributed by atoms with Crippen LogP contribution in [0.3, 0.4) is 0 Å². The molecule has 1 fully saturated rings. The quantitative estimate of drug-likeness (QED) is 0.549. The summed E-state index contributed by atoms with van der Waals surface area (Å²) in [5.41, 5.74) is 8.51. The van der Waals surface area contributed by atoms with Crippen molar-refractivity contribution in [1.29, 1.82) is 0 Å². The van der Waals surface area contributed by atoms with Gasteiger partial charge in [0.25, 0.3) is 0 Å². The minimum atomic E-state index is -5.08. The number of aliphatic carboxylic acids is 1. The highest BCUT2D eigenvalue weighted by Crippen LogP contribution is 2.36. The number of fused-ring (bicyclic) bond motifs is 1. The Hall–Kier alpha value is -3.31. The van der Waals surface area contributed by atoms with Crippen LogP contribution in [0.4, 0.5) is 13.2 Å². The highest BCUT2D eigenvalue weighted by Gasteiger charge is 2.40. The lowest BCUT2D eigenvalue weighted by Gasteiger charge is -2.26. The van der Waals surface area contributed by atoms with Crippen LogP contribution in [0.2, 0.25) is 5.02 Å². The molecule has 2 aromatic rings. The third-order valence-electron chi connectivity index (χ3n) is 5.92. The molecule has 1 saturated heterocycles. The molecule has 2 atom stereocenters. The van der Waals surface area contributed by atoms with Gasteiger partial charge in [-0.15, -0.1) is 0 Å². The second kappa shape index (κ2) is 11.6. The predicted octanol–water partition coefficient (Wildman–Crippen LogP) is 3.22. The van der Waals surface area contributed by atoms with Gasteiger partial charge in [-0.3, -0.25) is 9.59 Å². The number of rotatable bonds is 5. The van der Waals surface area contributed by atoms with Crippen LogP contribution >= 0.6 is 11.6 Å². The number of hydrogen-bond acceptors (Lipinski definition) is 5. The summed E-state index contributed by atoms with van der Waals surface area (Å²) in [6.07, 6.45) is -3.61. The number of ether oxygens (including phenoxy) is 1. The lowest BCUT2D eigenvalue weighted by molar-refractivity contribution is -0.192. The standard InChI is InChI=1S/C22H24ClN3O3.C2HF3O2/c23-16-8-7-14(11-24)15(10-16)12-25-21(27)19-5-3-9-26(19)22(28)18-13-29-20-6-2-1-4-17(18)20;3-2(4,5)1(6)7/h1-2,4,6-8,10,18-19H,3,5,9,11-13,24H2,(H,25,27);(H,6,7)/t18?,19-;/m0./s1. The summed E-state index contributed by atoms with van der Waals surface area (Å²) in [4.78, 5) is 36.7. The van der Waals surface area contributed by atoms with Gasteiger partial charge in [0.2, 0.25) is 11.8 Å². The molecule has 12 heteroatoms. The average Bonchev–Trinajstić information content (AvgIpc) is 3.50. The summed E-state index contributed by atoms with van der Waals surface area (Å²) in [5, 5.41) is 10.7. The Labute approximate surface area is 210 Å². The van der Waals surface area contributed by atoms with Crippen molar-refractivity contribution in [2.24, 2.45) is 5.73 Å². The summed E-state index contributed by atoms with van der Waals surface area (Å²) in [7, 11) is 0. The highest BCUT2D eigenvalue weighted by molar-refractivity contribution is 6.30. The van der Waals surface area contributed by atoms with Crippen molar-refractivity contribution < 1.29 is 37.4 Å². The molecule has 4 N–H and O–H groups in total. The van der Waals surface area contributed by atoms with E-state index in [-0.39, 0.29) is 17.7 Å². The number of likely N-dealkylation sites (tertiary alicyclic amines) is 1. The Morgan fingerprint density at radius 2 is 1.86 bits per heavy atom. The van der Waals surface area contributed by atoms with Crippen molar-refractivity contribution in [3.8, 4) is 5.75 Å². The minimum absolute atomic E-state index is 0.0435. The van der Waals surface area contributed by atoms with E-state index in [0.29, 0.717) is 37.7 Å². The van der Waals surface area contributed by atoms with Gasteiger partial charge in [0, 0.05) is 30.2 Å². The topological polar surface area (TPSA) is 122 Å². The van der Waals surface area contributed by atoms with Crippen LogP contribution in [0.5, 0.6) is 5.75 Å². The van der Waals surface area contributed by atoms with E-state index in [0.717, 1.165) is 28.9 Å². The van der Waals surface area contributed by atoms with Gasteiger partial charge >= 0.3 is 12.1 Å². The molecule has 0 bridgehead atoms. The van der Waals surface area contributed by atoms with E-state index >= 15 is 0 Å². The normalized spacial score (nSPS) is 18.5. The van der Waals surface area contributed by atoms with Crippen molar-refractivity contribution >= 4 is 29.4 Å². The Balaban J connectivity index is 0.000000454. The number of nitrogens with two attached hydrogens (primary N) is 1. The number of halogens is 4. The zero-order valence-corrected chi connectivity index (χ0v) is 19.8. The second-order valence-electron chi connectivity index (χ2n) is 8.23. The zero-order valence-electron chi connectivity index (χ0n) is 19.1. The van der Waals surface area contributed by atoms with Gasteiger partial charge in [0.05, 0.1) is 0 Å². The van der Waals surface area contributed by atoms with Crippen LogP contribution in [-0.4, -0.2) is 53.2 Å². The largest absolute Gasteiger partial charge is 0.492 e. The number of nitrogens with zero attached hydrogens (tertiary/aromatic N) is 1. The number of nitrogens with one attached hydrogen (secondary N) is 1. The Kier molecular flexibility index (Phi) is 8.80. The number of carbonyl (C=O) groups is 3. The molecular weight excluding hydrogens is 503 g/mol. The van der Waals surface area contributed by atoms with E-state index < -0.39 is 18.2 Å². The molecule has 36 heavy (non-hydrogen) atoms. The Morgan fingerprint density at radius 1 is 1.17 bits per heavy atom. The van der Waals surface area contributed by atoms with Crippen LogP contribution in [-0.2, 0) is 27.5 Å². The summed E-state index contributed by atoms with van der Waals surface area (Å²) in [6.45, 7) is 1.61. The first-order chi connectivity index (χ1) is 17.0. The van der Waals surface area contributed by atoms with Gasteiger partial charge in [-0.2, -0.15) is 13.2 Å². The van der Waals surface area contributed by atoms with E-state index in [2.05, 4.69) is 5.32 Å². The third-order valence-corrected chi connectivity index (χ3v) is 6.16. The number of carbonyl (C=O) groups excluding carboxylic acids is 2. The SMILES string of the molecule is NCc1ccc(Cl)cc1CNC(=O)[C@@H]1CCCN1C(=O)C1COc2ccccc21.O=C(O)C(F)(F)F. The van der Waals surface area contributed by atoms with Crippen LogP contribution in [0.25, 0.3) is 0 Å². The molecule has 2 aliphatic rings. The molecule has 4 rings (SSSR count). The highest BCUT2D eigenvalue weighted by atomic mass is 35.5. The number of carboxylic acids is 1. The molecule has 0 spiro atoms. The number of benzene rings is 2. The zero-order chi connectivity index (χ0) is 26.5. The molecule has 0 aliphatic carbocycles. The molecule has 0 radical (unpaired) electrons. The molecule has 2 heterocycles. The van der Waals surface area contributed by atoms with Crippen molar-refractivity contribution in [2.45, 2.75) is 44.1 Å². The van der Waals surface area contributed by atoms with Gasteiger partial charge in [-0.1, -0.05) is 35.9 Å². The number of hydrogen-bond donors (Lipinski definition) is 3. The van der Waals surface area contributed by atoms with Crippen molar-refractivity contribution in [1.82, 2.24) is 10.2 Å². The van der Waals surface area contributed by atoms with E-state index in [4.69, 9.17) is 32.0 Å². The molecule has 194 valence electrons. The molecule has 2 amide bonds. The van der Waals surface area contributed by atoms with E-state index in [1.807, 2.05) is 36.4 Å². The van der Waals surface area contributed by atoms with Crippen molar-refractivity contribution in [2.75, 3.05) is 13.2 Å². The summed E-state index contributed by atoms with van der Waals surface area (Å²) in [5.74, 6) is -2.55. The fraction of sp³-hybridized carbons (Fsp3) is 0.375. The first kappa shape index (κ1) is 27.3. The lowest BCUT2D eigenvalue weighted by Crippen LogP contribution is -2.47. The first-order valence-corrected chi connectivity index (χ1v) is 11.5. The monoisotopic (exact) mass is 527 g/mol. The lowest BCUT2D eigenvalue weighted by atomic mass is 9.99. The minimum Gasteiger partial charge on any atom is -0.492 e. The summed E-state index contributed by atoms with van der Waals surface area (Å²) < 4.78 is 37.4. The maximum Gasteiger partial charge on any atom is 0.490 e. The molecule has 0 saturated carbocycles. The molecule has 8 nitrogen and oxygen atoms in total. The fourth-order valence-corrected chi connectivity index (χ4v) is 4.32. The van der Waals surface area contributed by atoms with Crippen LogP contribution in [0, 0.1) is 0 Å². The van der Waals surface area contributed by atoms with Crippen LogP contribution < -0.4 is 15.8 Å². The van der Waals surface area contributed by atoms with Gasteiger partial charge in [-0.05, 0) is 42.2 Å². The van der Waals surface area contributed by atoms with Crippen LogP contribution in [0.15, 0.2) is 42.5 Å². The van der Waals surface area contributed by atoms with E-state index in [9.17, 15) is 22.8 Å².